The standard InChI is InChI=1S/C42H45N5/c1-31(33-19-23-43-24-20-33)44-25-21-40(34-11-5-3-6-12-34)38-17-9-15-36(29-38)37-16-10-18-39(30-37)41(35-13-7-4-8-14-35)22-26-45-32(2)42-46-27-28-47-42/h3-20,23-24,27-32,40-41,44-45H,21-22,25-26H2,1-2H3,(H,46,47). The van der Waals surface area contributed by atoms with Crippen molar-refractivity contribution >= 4 is 0 Å². The second kappa shape index (κ2) is 16.1. The van der Waals surface area contributed by atoms with Crippen LogP contribution in [-0.2, 0) is 0 Å². The molecule has 0 saturated heterocycles. The molecule has 238 valence electrons. The van der Waals surface area contributed by atoms with E-state index >= 15 is 0 Å². The van der Waals surface area contributed by atoms with Gasteiger partial charge in [0.15, 0.2) is 0 Å². The fourth-order valence-corrected chi connectivity index (χ4v) is 6.56. The van der Waals surface area contributed by atoms with Crippen molar-refractivity contribution in [2.75, 3.05) is 13.1 Å². The lowest BCUT2D eigenvalue weighted by Gasteiger charge is -2.22. The van der Waals surface area contributed by atoms with Crippen molar-refractivity contribution in [3.63, 3.8) is 0 Å². The number of aromatic amines is 1. The number of hydrogen-bond donors (Lipinski definition) is 3. The van der Waals surface area contributed by atoms with E-state index in [9.17, 15) is 0 Å². The Morgan fingerprint density at radius 3 is 1.55 bits per heavy atom. The maximum atomic E-state index is 4.43. The van der Waals surface area contributed by atoms with E-state index in [1.54, 1.807) is 0 Å². The summed E-state index contributed by atoms with van der Waals surface area (Å²) in [5.41, 5.74) is 9.11. The minimum atomic E-state index is 0.169. The van der Waals surface area contributed by atoms with Crippen LogP contribution in [0.3, 0.4) is 0 Å². The van der Waals surface area contributed by atoms with Crippen molar-refractivity contribution in [1.29, 1.82) is 0 Å². The molecule has 47 heavy (non-hydrogen) atoms. The number of imidazole rings is 1. The highest BCUT2D eigenvalue weighted by molar-refractivity contribution is 5.66. The molecule has 2 heterocycles. The molecule has 0 aliphatic rings. The molecule has 4 unspecified atom stereocenters. The van der Waals surface area contributed by atoms with Crippen LogP contribution in [0.2, 0.25) is 0 Å². The van der Waals surface area contributed by atoms with E-state index in [4.69, 9.17) is 0 Å². The van der Waals surface area contributed by atoms with Crippen LogP contribution < -0.4 is 10.6 Å². The molecule has 0 amide bonds. The van der Waals surface area contributed by atoms with Crippen molar-refractivity contribution in [3.8, 4) is 11.1 Å². The van der Waals surface area contributed by atoms with Crippen LogP contribution in [-0.4, -0.2) is 28.0 Å². The molecule has 0 fully saturated rings. The number of aromatic nitrogens is 3. The zero-order valence-corrected chi connectivity index (χ0v) is 27.4. The quantitative estimate of drug-likeness (QED) is 0.107. The van der Waals surface area contributed by atoms with Gasteiger partial charge in [0.1, 0.15) is 5.82 Å². The molecular weight excluding hydrogens is 574 g/mol. The van der Waals surface area contributed by atoms with Gasteiger partial charge in [0, 0.05) is 42.7 Å². The van der Waals surface area contributed by atoms with Crippen LogP contribution in [0.25, 0.3) is 11.1 Å². The first kappa shape index (κ1) is 32.1. The SMILES string of the molecule is CC(NCCC(c1ccccc1)c1cccc(-c2cccc(C(CCNC(C)c3ncc[nH]3)c3ccccc3)c2)c1)c1ccncc1. The van der Waals surface area contributed by atoms with Crippen molar-refractivity contribution < 1.29 is 0 Å². The van der Waals surface area contributed by atoms with Crippen LogP contribution in [0.1, 0.15) is 84.3 Å². The van der Waals surface area contributed by atoms with Gasteiger partial charge >= 0.3 is 0 Å². The fourth-order valence-electron chi connectivity index (χ4n) is 6.56. The molecule has 6 aromatic rings. The van der Waals surface area contributed by atoms with Gasteiger partial charge in [-0.05, 0) is 90.9 Å². The summed E-state index contributed by atoms with van der Waals surface area (Å²) in [7, 11) is 0. The number of nitrogens with one attached hydrogen (secondary N) is 3. The lowest BCUT2D eigenvalue weighted by Crippen LogP contribution is -2.22. The summed E-state index contributed by atoms with van der Waals surface area (Å²) < 4.78 is 0. The molecule has 6 rings (SSSR count). The highest BCUT2D eigenvalue weighted by atomic mass is 15.0. The summed E-state index contributed by atoms with van der Waals surface area (Å²) in [6, 6.07) is 44.7. The number of H-pyrrole nitrogens is 1. The van der Waals surface area contributed by atoms with Crippen molar-refractivity contribution in [3.05, 3.63) is 180 Å². The predicted molar refractivity (Wildman–Crippen MR) is 193 cm³/mol. The number of pyridine rings is 1. The van der Waals surface area contributed by atoms with Gasteiger partial charge in [-0.3, -0.25) is 4.98 Å². The summed E-state index contributed by atoms with van der Waals surface area (Å²) in [6.07, 6.45) is 9.41. The molecule has 0 aliphatic carbocycles. The molecule has 0 radical (unpaired) electrons. The molecule has 0 spiro atoms. The largest absolute Gasteiger partial charge is 0.347 e. The summed E-state index contributed by atoms with van der Waals surface area (Å²) in [4.78, 5) is 11.8. The second-order valence-corrected chi connectivity index (χ2v) is 12.4. The third-order valence-corrected chi connectivity index (χ3v) is 9.22. The van der Waals surface area contributed by atoms with Gasteiger partial charge in [-0.25, -0.2) is 4.98 Å². The monoisotopic (exact) mass is 619 g/mol. The summed E-state index contributed by atoms with van der Waals surface area (Å²) in [5, 5.41) is 7.41. The van der Waals surface area contributed by atoms with Gasteiger partial charge in [-0.2, -0.15) is 0 Å². The van der Waals surface area contributed by atoms with Crippen molar-refractivity contribution in [1.82, 2.24) is 25.6 Å². The van der Waals surface area contributed by atoms with E-state index in [1.807, 2.05) is 24.8 Å². The minimum absolute atomic E-state index is 0.169. The Kier molecular flexibility index (Phi) is 11.0. The van der Waals surface area contributed by atoms with E-state index in [-0.39, 0.29) is 23.9 Å². The lowest BCUT2D eigenvalue weighted by molar-refractivity contribution is 0.523. The molecule has 0 saturated carbocycles. The van der Waals surface area contributed by atoms with E-state index in [0.29, 0.717) is 0 Å². The summed E-state index contributed by atoms with van der Waals surface area (Å²) in [5.74, 6) is 1.54. The molecule has 3 N–H and O–H groups in total. The third kappa shape index (κ3) is 8.50. The Morgan fingerprint density at radius 1 is 0.532 bits per heavy atom. The molecule has 0 aliphatic heterocycles. The number of benzene rings is 4. The molecule has 5 heteroatoms. The summed E-state index contributed by atoms with van der Waals surface area (Å²) >= 11 is 0. The average Bonchev–Trinajstić information content (AvgIpc) is 3.69. The first-order chi connectivity index (χ1) is 23.2. The maximum Gasteiger partial charge on any atom is 0.122 e. The summed E-state index contributed by atoms with van der Waals surface area (Å²) in [6.45, 7) is 6.17. The Hall–Kier alpha value is -4.84. The maximum absolute atomic E-state index is 4.43. The number of nitrogens with zero attached hydrogens (tertiary/aromatic N) is 2. The molecule has 5 nitrogen and oxygen atoms in total. The first-order valence-electron chi connectivity index (χ1n) is 16.8. The molecular formula is C42H45N5. The Morgan fingerprint density at radius 2 is 1.04 bits per heavy atom. The first-order valence-corrected chi connectivity index (χ1v) is 16.8. The van der Waals surface area contributed by atoms with Gasteiger partial charge in [-0.15, -0.1) is 0 Å². The van der Waals surface area contributed by atoms with Crippen LogP contribution in [0, 0.1) is 0 Å². The fraction of sp³-hybridized carbons (Fsp3) is 0.238. The smallest absolute Gasteiger partial charge is 0.122 e. The second-order valence-electron chi connectivity index (χ2n) is 12.4. The van der Waals surface area contributed by atoms with Gasteiger partial charge in [-0.1, -0.05) is 109 Å². The van der Waals surface area contributed by atoms with Crippen molar-refractivity contribution in [2.45, 2.75) is 50.6 Å². The minimum Gasteiger partial charge on any atom is -0.347 e. The Bertz CT molecular complexity index is 1770. The lowest BCUT2D eigenvalue weighted by atomic mass is 9.85. The topological polar surface area (TPSA) is 65.6 Å². The Labute approximate surface area is 279 Å². The molecule has 0 bridgehead atoms. The van der Waals surface area contributed by atoms with E-state index in [1.165, 1.54) is 38.9 Å². The zero-order valence-electron chi connectivity index (χ0n) is 27.4. The van der Waals surface area contributed by atoms with Gasteiger partial charge < -0.3 is 15.6 Å². The van der Waals surface area contributed by atoms with Crippen LogP contribution >= 0.6 is 0 Å². The van der Waals surface area contributed by atoms with E-state index in [0.717, 1.165) is 31.8 Å². The molecule has 4 atom stereocenters. The number of rotatable bonds is 15. The molecule has 2 aromatic heterocycles. The zero-order chi connectivity index (χ0) is 32.3. The van der Waals surface area contributed by atoms with Gasteiger partial charge in [0.2, 0.25) is 0 Å². The highest BCUT2D eigenvalue weighted by Crippen LogP contribution is 2.34. The Balaban J connectivity index is 1.22. The van der Waals surface area contributed by atoms with Crippen LogP contribution in [0.4, 0.5) is 0 Å². The van der Waals surface area contributed by atoms with E-state index in [2.05, 4.69) is 161 Å². The predicted octanol–water partition coefficient (Wildman–Crippen LogP) is 9.22. The average molecular weight is 620 g/mol. The molecule has 4 aromatic carbocycles. The van der Waals surface area contributed by atoms with Crippen molar-refractivity contribution in [2.24, 2.45) is 0 Å². The number of hydrogen-bond acceptors (Lipinski definition) is 4. The highest BCUT2D eigenvalue weighted by Gasteiger charge is 2.18. The third-order valence-electron chi connectivity index (χ3n) is 9.22. The van der Waals surface area contributed by atoms with Crippen LogP contribution in [0.5, 0.6) is 0 Å². The van der Waals surface area contributed by atoms with Crippen LogP contribution in [0.15, 0.2) is 146 Å². The van der Waals surface area contributed by atoms with Gasteiger partial charge in [0.25, 0.3) is 0 Å². The van der Waals surface area contributed by atoms with Gasteiger partial charge in [0.05, 0.1) is 6.04 Å². The normalized spacial score (nSPS) is 13.9. The van der Waals surface area contributed by atoms with E-state index < -0.39 is 0 Å².